The van der Waals surface area contributed by atoms with Crippen molar-refractivity contribution in [1.82, 2.24) is 0 Å². The lowest BCUT2D eigenvalue weighted by Crippen LogP contribution is -2.29. The van der Waals surface area contributed by atoms with E-state index >= 15 is 0 Å². The van der Waals surface area contributed by atoms with Crippen LogP contribution in [-0.4, -0.2) is 24.2 Å². The second-order valence-electron chi connectivity index (χ2n) is 8.05. The molecule has 1 atom stereocenters. The van der Waals surface area contributed by atoms with E-state index in [0.29, 0.717) is 28.1 Å². The molecule has 3 aromatic rings. The van der Waals surface area contributed by atoms with Crippen molar-refractivity contribution in [2.45, 2.75) is 25.1 Å². The molecular weight excluding hydrogens is 456 g/mol. The summed E-state index contributed by atoms with van der Waals surface area (Å²) in [5.74, 6) is 1.19. The predicted octanol–water partition coefficient (Wildman–Crippen LogP) is 6.26. The second-order valence-corrected chi connectivity index (χ2v) is 9.56. The van der Waals surface area contributed by atoms with Crippen molar-refractivity contribution in [3.05, 3.63) is 88.9 Å². The molecule has 0 aromatic heterocycles. The van der Waals surface area contributed by atoms with Gasteiger partial charge in [-0.3, -0.25) is 14.5 Å². The third-order valence-electron chi connectivity index (χ3n) is 5.35. The Morgan fingerprint density at radius 3 is 2.48 bits per heavy atom. The van der Waals surface area contributed by atoms with E-state index in [0.717, 1.165) is 16.8 Å². The summed E-state index contributed by atoms with van der Waals surface area (Å²) in [6.45, 7) is 4.17. The molecule has 0 spiro atoms. The van der Waals surface area contributed by atoms with Crippen molar-refractivity contribution in [2.75, 3.05) is 22.6 Å². The number of hydrogen-bond acceptors (Lipinski definition) is 4. The van der Waals surface area contributed by atoms with Gasteiger partial charge in [-0.05, 0) is 59.5 Å². The summed E-state index contributed by atoms with van der Waals surface area (Å²) in [7, 11) is 0. The normalized spacial score (nSPS) is 15.7. The number of para-hydroxylation sites is 1. The Morgan fingerprint density at radius 1 is 1.09 bits per heavy atom. The van der Waals surface area contributed by atoms with E-state index in [2.05, 4.69) is 25.2 Å². The van der Waals surface area contributed by atoms with Gasteiger partial charge in [0.15, 0.2) is 6.61 Å². The zero-order valence-electron chi connectivity index (χ0n) is 18.5. The Labute approximate surface area is 203 Å². The van der Waals surface area contributed by atoms with Crippen molar-refractivity contribution < 1.29 is 14.3 Å². The highest BCUT2D eigenvalue weighted by molar-refractivity contribution is 8.00. The minimum atomic E-state index is -0.254. The van der Waals surface area contributed by atoms with Crippen molar-refractivity contribution in [2.24, 2.45) is 0 Å². The van der Waals surface area contributed by atoms with Crippen molar-refractivity contribution in [3.63, 3.8) is 0 Å². The number of thioether (sulfide) groups is 1. The Hall–Kier alpha value is -2.96. The maximum absolute atomic E-state index is 12.8. The van der Waals surface area contributed by atoms with E-state index in [1.54, 1.807) is 36.0 Å². The van der Waals surface area contributed by atoms with Crippen LogP contribution in [0.4, 0.5) is 11.4 Å². The zero-order chi connectivity index (χ0) is 23.4. The van der Waals surface area contributed by atoms with Gasteiger partial charge >= 0.3 is 0 Å². The van der Waals surface area contributed by atoms with Gasteiger partial charge in [-0.25, -0.2) is 0 Å². The third kappa shape index (κ3) is 5.52. The highest BCUT2D eigenvalue weighted by atomic mass is 35.5. The molecule has 7 heteroatoms. The summed E-state index contributed by atoms with van der Waals surface area (Å²) in [5, 5.41) is 3.35. The number of carbonyl (C=O) groups is 2. The van der Waals surface area contributed by atoms with Crippen LogP contribution in [0.2, 0.25) is 5.02 Å². The first kappa shape index (κ1) is 23.2. The maximum Gasteiger partial charge on any atom is 0.262 e. The second kappa shape index (κ2) is 10.3. The van der Waals surface area contributed by atoms with Crippen LogP contribution >= 0.6 is 23.4 Å². The monoisotopic (exact) mass is 480 g/mol. The molecule has 1 fully saturated rings. The first-order chi connectivity index (χ1) is 15.9. The van der Waals surface area contributed by atoms with Gasteiger partial charge in [0.25, 0.3) is 5.91 Å². The van der Waals surface area contributed by atoms with Crippen LogP contribution in [0.5, 0.6) is 5.75 Å². The number of rotatable bonds is 7. The smallest absolute Gasteiger partial charge is 0.262 e. The lowest BCUT2D eigenvalue weighted by molar-refractivity contribution is -0.118. The van der Waals surface area contributed by atoms with Gasteiger partial charge in [0.1, 0.15) is 11.1 Å². The van der Waals surface area contributed by atoms with E-state index in [1.807, 2.05) is 47.4 Å². The van der Waals surface area contributed by atoms with Gasteiger partial charge in [-0.2, -0.15) is 0 Å². The van der Waals surface area contributed by atoms with Crippen LogP contribution in [0.1, 0.15) is 36.3 Å². The molecule has 0 saturated carbocycles. The summed E-state index contributed by atoms with van der Waals surface area (Å²) in [5.41, 5.74) is 3.80. The van der Waals surface area contributed by atoms with Crippen molar-refractivity contribution in [3.8, 4) is 5.75 Å². The van der Waals surface area contributed by atoms with Crippen LogP contribution in [0.15, 0.2) is 72.8 Å². The average Bonchev–Trinajstić information content (AvgIpc) is 3.20. The number of benzene rings is 3. The topological polar surface area (TPSA) is 58.6 Å². The predicted molar refractivity (Wildman–Crippen MR) is 135 cm³/mol. The fourth-order valence-electron chi connectivity index (χ4n) is 3.73. The molecule has 1 unspecified atom stereocenters. The molecule has 1 aliphatic rings. The molecule has 3 aromatic carbocycles. The summed E-state index contributed by atoms with van der Waals surface area (Å²) in [6, 6.07) is 22.5. The quantitative estimate of drug-likeness (QED) is 0.433. The highest BCUT2D eigenvalue weighted by Crippen LogP contribution is 2.44. The van der Waals surface area contributed by atoms with E-state index in [-0.39, 0.29) is 23.8 Å². The Kier molecular flexibility index (Phi) is 7.26. The van der Waals surface area contributed by atoms with Crippen LogP contribution < -0.4 is 15.0 Å². The van der Waals surface area contributed by atoms with Gasteiger partial charge in [0, 0.05) is 16.4 Å². The molecule has 33 heavy (non-hydrogen) atoms. The SMILES string of the molecule is CC(C)c1ccccc1N1C(=O)CSC1c1ccc(NC(=O)COc2ccc(Cl)cc2)cc1. The molecular formula is C26H25ClN2O3S. The number of nitrogens with one attached hydrogen (secondary N) is 1. The molecule has 0 aliphatic carbocycles. The van der Waals surface area contributed by atoms with E-state index in [1.165, 1.54) is 0 Å². The fraction of sp³-hybridized carbons (Fsp3) is 0.231. The lowest BCUT2D eigenvalue weighted by atomic mass is 10.00. The number of ether oxygens (including phenoxy) is 1. The summed E-state index contributed by atoms with van der Waals surface area (Å²) >= 11 is 7.47. The Morgan fingerprint density at radius 2 is 1.79 bits per heavy atom. The van der Waals surface area contributed by atoms with Gasteiger partial charge < -0.3 is 10.1 Å². The molecule has 0 radical (unpaired) electrons. The molecule has 1 saturated heterocycles. The first-order valence-electron chi connectivity index (χ1n) is 10.7. The average molecular weight is 481 g/mol. The molecule has 4 rings (SSSR count). The molecule has 1 heterocycles. The Bertz CT molecular complexity index is 1130. The molecule has 5 nitrogen and oxygen atoms in total. The van der Waals surface area contributed by atoms with Gasteiger partial charge in [0.2, 0.25) is 5.91 Å². The van der Waals surface area contributed by atoms with Crippen molar-refractivity contribution >= 4 is 46.6 Å². The number of halogens is 1. The van der Waals surface area contributed by atoms with E-state index in [4.69, 9.17) is 16.3 Å². The summed E-state index contributed by atoms with van der Waals surface area (Å²) in [6.07, 6.45) is 0. The van der Waals surface area contributed by atoms with Crippen LogP contribution in [-0.2, 0) is 9.59 Å². The van der Waals surface area contributed by atoms with Crippen LogP contribution in [0.25, 0.3) is 0 Å². The number of anilines is 2. The lowest BCUT2D eigenvalue weighted by Gasteiger charge is -2.27. The largest absolute Gasteiger partial charge is 0.484 e. The first-order valence-corrected chi connectivity index (χ1v) is 12.2. The van der Waals surface area contributed by atoms with Gasteiger partial charge in [0.05, 0.1) is 5.75 Å². The Balaban J connectivity index is 1.43. The number of carbonyl (C=O) groups excluding carboxylic acids is 2. The number of hydrogen-bond donors (Lipinski definition) is 1. The van der Waals surface area contributed by atoms with Crippen molar-refractivity contribution in [1.29, 1.82) is 0 Å². The highest BCUT2D eigenvalue weighted by Gasteiger charge is 2.35. The minimum absolute atomic E-state index is 0.101. The molecule has 1 N–H and O–H groups in total. The van der Waals surface area contributed by atoms with Crippen LogP contribution in [0, 0.1) is 0 Å². The molecule has 0 bridgehead atoms. The molecule has 170 valence electrons. The molecule has 2 amide bonds. The molecule has 1 aliphatic heterocycles. The van der Waals surface area contributed by atoms with Gasteiger partial charge in [-0.1, -0.05) is 55.8 Å². The zero-order valence-corrected chi connectivity index (χ0v) is 20.0. The fourth-order valence-corrected chi connectivity index (χ4v) is 5.03. The third-order valence-corrected chi connectivity index (χ3v) is 6.81. The standard InChI is InChI=1S/C26H25ClN2O3S/c1-17(2)22-5-3-4-6-23(22)29-25(31)16-33-26(29)18-7-11-20(12-8-18)28-24(30)15-32-21-13-9-19(27)10-14-21/h3-14,17,26H,15-16H2,1-2H3,(H,28,30). The number of nitrogens with zero attached hydrogens (tertiary/aromatic N) is 1. The summed E-state index contributed by atoms with van der Waals surface area (Å²) in [4.78, 5) is 26.9. The van der Waals surface area contributed by atoms with Crippen LogP contribution in [0.3, 0.4) is 0 Å². The number of amides is 2. The van der Waals surface area contributed by atoms with Gasteiger partial charge in [-0.15, -0.1) is 11.8 Å². The minimum Gasteiger partial charge on any atom is -0.484 e. The maximum atomic E-state index is 12.8. The van der Waals surface area contributed by atoms with E-state index in [9.17, 15) is 9.59 Å². The summed E-state index contributed by atoms with van der Waals surface area (Å²) < 4.78 is 5.49. The van der Waals surface area contributed by atoms with E-state index < -0.39 is 0 Å².